The fourth-order valence-electron chi connectivity index (χ4n) is 4.30. The standard InChI is InChI=1S/C22H32N2O4/c1-15-9-11-24(12-10-15)22(27)17-7-8-19(25)18(13-17)23-21(26)14-16-5-3-4-6-20(16)28-2/h3-6,15,17-19,25H,7-14H2,1-2H3,(H,23,26)/t17-,18+,19+/m0/s1. The van der Waals surface area contributed by atoms with Crippen molar-refractivity contribution in [2.24, 2.45) is 11.8 Å². The van der Waals surface area contributed by atoms with Crippen molar-refractivity contribution in [3.05, 3.63) is 29.8 Å². The van der Waals surface area contributed by atoms with Crippen LogP contribution in [0.25, 0.3) is 0 Å². The third-order valence-corrected chi connectivity index (χ3v) is 6.15. The quantitative estimate of drug-likeness (QED) is 0.810. The first-order valence-electron chi connectivity index (χ1n) is 10.4. The Morgan fingerprint density at radius 2 is 1.89 bits per heavy atom. The van der Waals surface area contributed by atoms with Gasteiger partial charge in [-0.2, -0.15) is 0 Å². The van der Waals surface area contributed by atoms with E-state index in [2.05, 4.69) is 12.2 Å². The summed E-state index contributed by atoms with van der Waals surface area (Å²) in [4.78, 5) is 27.4. The van der Waals surface area contributed by atoms with Gasteiger partial charge in [-0.15, -0.1) is 0 Å². The smallest absolute Gasteiger partial charge is 0.225 e. The molecule has 6 nitrogen and oxygen atoms in total. The van der Waals surface area contributed by atoms with E-state index in [0.29, 0.717) is 30.9 Å². The molecule has 2 aliphatic rings. The Kier molecular flexibility index (Phi) is 6.94. The highest BCUT2D eigenvalue weighted by molar-refractivity contribution is 5.81. The first-order chi connectivity index (χ1) is 13.5. The fraction of sp³-hybridized carbons (Fsp3) is 0.636. The Morgan fingerprint density at radius 1 is 1.18 bits per heavy atom. The number of methoxy groups -OCH3 is 1. The van der Waals surface area contributed by atoms with Crippen LogP contribution in [0.4, 0.5) is 0 Å². The SMILES string of the molecule is COc1ccccc1CC(=O)N[C@@H]1C[C@@H](C(=O)N2CCC(C)CC2)CC[C@H]1O. The Bertz CT molecular complexity index is 685. The third-order valence-electron chi connectivity index (χ3n) is 6.15. The molecule has 1 saturated carbocycles. The number of likely N-dealkylation sites (tertiary alicyclic amines) is 1. The number of aliphatic hydroxyl groups is 1. The number of amides is 2. The molecular formula is C22H32N2O4. The third kappa shape index (κ3) is 5.04. The van der Waals surface area contributed by atoms with E-state index in [1.54, 1.807) is 7.11 Å². The van der Waals surface area contributed by atoms with Gasteiger partial charge in [-0.25, -0.2) is 0 Å². The maximum Gasteiger partial charge on any atom is 0.225 e. The van der Waals surface area contributed by atoms with Crippen molar-refractivity contribution >= 4 is 11.8 Å². The van der Waals surface area contributed by atoms with Gasteiger partial charge in [-0.3, -0.25) is 9.59 Å². The highest BCUT2D eigenvalue weighted by atomic mass is 16.5. The Hall–Kier alpha value is -2.08. The Labute approximate surface area is 167 Å². The zero-order valence-electron chi connectivity index (χ0n) is 16.9. The van der Waals surface area contributed by atoms with Gasteiger partial charge in [0.05, 0.1) is 25.7 Å². The Morgan fingerprint density at radius 3 is 2.61 bits per heavy atom. The number of ether oxygens (including phenoxy) is 1. The molecule has 1 aromatic carbocycles. The summed E-state index contributed by atoms with van der Waals surface area (Å²) >= 11 is 0. The molecule has 0 unspecified atom stereocenters. The molecule has 1 aromatic rings. The van der Waals surface area contributed by atoms with Crippen LogP contribution in [0.1, 0.15) is 44.6 Å². The largest absolute Gasteiger partial charge is 0.496 e. The van der Waals surface area contributed by atoms with Crippen molar-refractivity contribution in [3.8, 4) is 5.75 Å². The molecular weight excluding hydrogens is 356 g/mol. The monoisotopic (exact) mass is 388 g/mol. The average molecular weight is 389 g/mol. The summed E-state index contributed by atoms with van der Waals surface area (Å²) in [5.74, 6) is 1.26. The van der Waals surface area contributed by atoms with Crippen LogP contribution in [0.5, 0.6) is 5.75 Å². The van der Waals surface area contributed by atoms with Crippen LogP contribution in [-0.4, -0.2) is 54.2 Å². The van der Waals surface area contributed by atoms with E-state index in [1.807, 2.05) is 29.2 Å². The minimum Gasteiger partial charge on any atom is -0.496 e. The number of para-hydroxylation sites is 1. The molecule has 28 heavy (non-hydrogen) atoms. The number of hydrogen-bond donors (Lipinski definition) is 2. The molecule has 6 heteroatoms. The second-order valence-electron chi connectivity index (χ2n) is 8.25. The van der Waals surface area contributed by atoms with E-state index in [-0.39, 0.29) is 30.2 Å². The van der Waals surface area contributed by atoms with Crippen molar-refractivity contribution in [2.45, 2.75) is 57.6 Å². The lowest BCUT2D eigenvalue weighted by Gasteiger charge is -2.37. The molecule has 0 bridgehead atoms. The van der Waals surface area contributed by atoms with Crippen LogP contribution < -0.4 is 10.1 Å². The number of aliphatic hydroxyl groups excluding tert-OH is 1. The molecule has 1 saturated heterocycles. The zero-order chi connectivity index (χ0) is 20.1. The van der Waals surface area contributed by atoms with Gasteiger partial charge in [0.1, 0.15) is 5.75 Å². The van der Waals surface area contributed by atoms with Crippen LogP contribution in [0, 0.1) is 11.8 Å². The predicted molar refractivity (Wildman–Crippen MR) is 107 cm³/mol. The maximum atomic E-state index is 12.9. The molecule has 2 N–H and O–H groups in total. The normalized spacial score (nSPS) is 26.0. The number of nitrogens with one attached hydrogen (secondary N) is 1. The van der Waals surface area contributed by atoms with Crippen LogP contribution in [0.2, 0.25) is 0 Å². The van der Waals surface area contributed by atoms with E-state index in [1.165, 1.54) is 0 Å². The van der Waals surface area contributed by atoms with Crippen LogP contribution >= 0.6 is 0 Å². The van der Waals surface area contributed by atoms with Gasteiger partial charge in [0.2, 0.25) is 11.8 Å². The molecule has 1 aliphatic carbocycles. The van der Waals surface area contributed by atoms with Gasteiger partial charge < -0.3 is 20.1 Å². The number of piperidine rings is 1. The van der Waals surface area contributed by atoms with E-state index < -0.39 is 6.10 Å². The number of carbonyl (C=O) groups excluding carboxylic acids is 2. The highest BCUT2D eigenvalue weighted by Crippen LogP contribution is 2.28. The molecule has 0 radical (unpaired) electrons. The lowest BCUT2D eigenvalue weighted by molar-refractivity contribution is -0.139. The van der Waals surface area contributed by atoms with E-state index >= 15 is 0 Å². The number of rotatable bonds is 5. The molecule has 154 valence electrons. The van der Waals surface area contributed by atoms with E-state index in [9.17, 15) is 14.7 Å². The summed E-state index contributed by atoms with van der Waals surface area (Å²) in [6, 6.07) is 7.04. The second-order valence-corrected chi connectivity index (χ2v) is 8.25. The van der Waals surface area contributed by atoms with E-state index in [0.717, 1.165) is 31.5 Å². The molecule has 3 rings (SSSR count). The van der Waals surface area contributed by atoms with Gasteiger partial charge in [-0.1, -0.05) is 25.1 Å². The van der Waals surface area contributed by atoms with Crippen molar-refractivity contribution in [3.63, 3.8) is 0 Å². The summed E-state index contributed by atoms with van der Waals surface area (Å²) < 4.78 is 5.30. The first kappa shape index (κ1) is 20.6. The van der Waals surface area contributed by atoms with Gasteiger partial charge in [0.25, 0.3) is 0 Å². The molecule has 1 heterocycles. The van der Waals surface area contributed by atoms with Crippen molar-refractivity contribution in [1.29, 1.82) is 0 Å². The number of nitrogens with zero attached hydrogens (tertiary/aromatic N) is 1. The topological polar surface area (TPSA) is 78.9 Å². The number of carbonyl (C=O) groups is 2. The Balaban J connectivity index is 1.57. The number of benzene rings is 1. The van der Waals surface area contributed by atoms with Gasteiger partial charge in [-0.05, 0) is 44.1 Å². The second kappa shape index (κ2) is 9.41. The summed E-state index contributed by atoms with van der Waals surface area (Å²) in [6.45, 7) is 3.87. The van der Waals surface area contributed by atoms with Crippen LogP contribution in [0.15, 0.2) is 24.3 Å². The zero-order valence-corrected chi connectivity index (χ0v) is 16.9. The predicted octanol–water partition coefficient (Wildman–Crippen LogP) is 2.14. The number of hydrogen-bond acceptors (Lipinski definition) is 4. The summed E-state index contributed by atoms with van der Waals surface area (Å²) in [6.07, 6.45) is 3.43. The molecule has 3 atom stereocenters. The first-order valence-corrected chi connectivity index (χ1v) is 10.4. The van der Waals surface area contributed by atoms with Gasteiger partial charge >= 0.3 is 0 Å². The maximum absolute atomic E-state index is 12.9. The van der Waals surface area contributed by atoms with Gasteiger partial charge in [0, 0.05) is 24.6 Å². The lowest BCUT2D eigenvalue weighted by Crippen LogP contribution is -2.51. The van der Waals surface area contributed by atoms with Gasteiger partial charge in [0.15, 0.2) is 0 Å². The lowest BCUT2D eigenvalue weighted by atomic mass is 9.82. The van der Waals surface area contributed by atoms with Crippen molar-refractivity contribution < 1.29 is 19.4 Å². The summed E-state index contributed by atoms with van der Waals surface area (Å²) in [5.41, 5.74) is 0.808. The molecule has 2 amide bonds. The molecule has 0 aromatic heterocycles. The molecule has 0 spiro atoms. The fourth-order valence-corrected chi connectivity index (χ4v) is 4.30. The van der Waals surface area contributed by atoms with Crippen molar-refractivity contribution in [2.75, 3.05) is 20.2 Å². The minimum absolute atomic E-state index is 0.117. The minimum atomic E-state index is -0.605. The van der Waals surface area contributed by atoms with Crippen LogP contribution in [0.3, 0.4) is 0 Å². The highest BCUT2D eigenvalue weighted by Gasteiger charge is 2.36. The molecule has 2 fully saturated rings. The van der Waals surface area contributed by atoms with E-state index in [4.69, 9.17) is 4.74 Å². The van der Waals surface area contributed by atoms with Crippen LogP contribution in [-0.2, 0) is 16.0 Å². The summed E-state index contributed by atoms with van der Waals surface area (Å²) in [7, 11) is 1.58. The molecule has 1 aliphatic heterocycles. The summed E-state index contributed by atoms with van der Waals surface area (Å²) in [5, 5.41) is 13.3. The average Bonchev–Trinajstić information content (AvgIpc) is 2.70. The van der Waals surface area contributed by atoms with Crippen molar-refractivity contribution in [1.82, 2.24) is 10.2 Å².